The number of piperazine rings is 1. The third kappa shape index (κ3) is 3.12. The van der Waals surface area contributed by atoms with Gasteiger partial charge in [-0.3, -0.25) is 4.79 Å². The number of methoxy groups -OCH3 is 1. The van der Waals surface area contributed by atoms with Crippen molar-refractivity contribution in [3.8, 4) is 17.0 Å². The first-order chi connectivity index (χ1) is 14.6. The van der Waals surface area contributed by atoms with Crippen molar-refractivity contribution in [1.29, 1.82) is 0 Å². The molecule has 3 amide bonds. The number of urea groups is 1. The summed E-state index contributed by atoms with van der Waals surface area (Å²) in [4.78, 5) is 33.8. The molecule has 0 aliphatic carbocycles. The number of nitrogens with one attached hydrogen (secondary N) is 1. The normalized spacial score (nSPS) is 18.3. The van der Waals surface area contributed by atoms with E-state index in [1.165, 1.54) is 0 Å². The van der Waals surface area contributed by atoms with Gasteiger partial charge in [-0.2, -0.15) is 0 Å². The van der Waals surface area contributed by atoms with Gasteiger partial charge in [0, 0.05) is 37.1 Å². The molecule has 2 aliphatic rings. The monoisotopic (exact) mass is 402 g/mol. The lowest BCUT2D eigenvalue weighted by Gasteiger charge is -2.36. The van der Waals surface area contributed by atoms with Crippen LogP contribution in [0.1, 0.15) is 10.4 Å². The molecule has 2 aromatic carbocycles. The maximum Gasteiger partial charge on any atom is 0.317 e. The Hall–Kier alpha value is -3.61. The highest BCUT2D eigenvalue weighted by molar-refractivity contribution is 6.07. The zero-order chi connectivity index (χ0) is 20.7. The number of rotatable bonds is 3. The van der Waals surface area contributed by atoms with E-state index < -0.39 is 0 Å². The van der Waals surface area contributed by atoms with Gasteiger partial charge in [-0.15, -0.1) is 0 Å². The van der Waals surface area contributed by atoms with Gasteiger partial charge in [0.2, 0.25) is 0 Å². The van der Waals surface area contributed by atoms with Crippen LogP contribution in [0.15, 0.2) is 54.6 Å². The molecule has 1 N–H and O–H groups in total. The molecule has 30 heavy (non-hydrogen) atoms. The molecule has 152 valence electrons. The van der Waals surface area contributed by atoms with Gasteiger partial charge in [-0.25, -0.2) is 9.78 Å². The van der Waals surface area contributed by atoms with Crippen LogP contribution in [0.2, 0.25) is 0 Å². The molecule has 3 heterocycles. The fourth-order valence-corrected chi connectivity index (χ4v) is 4.22. The Morgan fingerprint density at radius 3 is 2.73 bits per heavy atom. The first-order valence-corrected chi connectivity index (χ1v) is 10.0. The van der Waals surface area contributed by atoms with E-state index in [9.17, 15) is 9.59 Å². The topological polar surface area (TPSA) is 74.8 Å². The number of carbonyl (C=O) groups is 2. The van der Waals surface area contributed by atoms with Crippen LogP contribution >= 0.6 is 0 Å². The minimum absolute atomic E-state index is 0.0256. The van der Waals surface area contributed by atoms with Crippen molar-refractivity contribution in [3.05, 3.63) is 60.2 Å². The van der Waals surface area contributed by atoms with E-state index in [0.29, 0.717) is 31.7 Å². The second-order valence-corrected chi connectivity index (χ2v) is 7.59. The predicted molar refractivity (Wildman–Crippen MR) is 114 cm³/mol. The third-order valence-corrected chi connectivity index (χ3v) is 5.85. The van der Waals surface area contributed by atoms with E-state index in [1.54, 1.807) is 7.11 Å². The van der Waals surface area contributed by atoms with Crippen molar-refractivity contribution in [1.82, 2.24) is 20.1 Å². The van der Waals surface area contributed by atoms with E-state index in [-0.39, 0.29) is 18.0 Å². The molecule has 7 nitrogen and oxygen atoms in total. The average molecular weight is 402 g/mol. The fraction of sp³-hybridized carbons (Fsp3) is 0.261. The Labute approximate surface area is 174 Å². The lowest BCUT2D eigenvalue weighted by atomic mass is 10.0. The average Bonchev–Trinajstić information content (AvgIpc) is 3.18. The van der Waals surface area contributed by atoms with Gasteiger partial charge >= 0.3 is 6.03 Å². The van der Waals surface area contributed by atoms with Crippen molar-refractivity contribution in [2.24, 2.45) is 0 Å². The number of benzene rings is 2. The zero-order valence-corrected chi connectivity index (χ0v) is 16.7. The molecule has 7 heteroatoms. The fourth-order valence-electron chi connectivity index (χ4n) is 4.22. The van der Waals surface area contributed by atoms with Crippen molar-refractivity contribution >= 4 is 22.8 Å². The van der Waals surface area contributed by atoms with Crippen LogP contribution in [0.25, 0.3) is 22.2 Å². The summed E-state index contributed by atoms with van der Waals surface area (Å²) in [7, 11) is 1.63. The number of pyridine rings is 1. The van der Waals surface area contributed by atoms with Crippen LogP contribution in [0.5, 0.6) is 5.75 Å². The Morgan fingerprint density at radius 2 is 1.93 bits per heavy atom. The molecular formula is C23H22N4O3. The number of fused-ring (bicyclic) bond motifs is 2. The zero-order valence-electron chi connectivity index (χ0n) is 16.7. The molecule has 0 spiro atoms. The maximum atomic E-state index is 13.5. The van der Waals surface area contributed by atoms with Gasteiger partial charge in [-0.1, -0.05) is 18.2 Å². The van der Waals surface area contributed by atoms with Gasteiger partial charge in [0.15, 0.2) is 0 Å². The highest BCUT2D eigenvalue weighted by Gasteiger charge is 2.37. The van der Waals surface area contributed by atoms with Gasteiger partial charge in [-0.05, 0) is 36.4 Å². The first-order valence-electron chi connectivity index (χ1n) is 10.0. The number of nitrogens with zero attached hydrogens (tertiary/aromatic N) is 3. The van der Waals surface area contributed by atoms with Crippen LogP contribution in [-0.4, -0.2) is 66.1 Å². The molecule has 1 atom stereocenters. The molecule has 0 saturated carbocycles. The SMILES string of the molecule is COc1ccc(-c2cc(C(=O)N3CCN4C(=O)NCC4C3)c3ccccc3n2)cc1. The van der Waals surface area contributed by atoms with Crippen molar-refractivity contribution in [2.45, 2.75) is 6.04 Å². The van der Waals surface area contributed by atoms with E-state index in [1.807, 2.05) is 64.4 Å². The van der Waals surface area contributed by atoms with Crippen LogP contribution in [-0.2, 0) is 0 Å². The summed E-state index contributed by atoms with van der Waals surface area (Å²) in [5.74, 6) is 0.746. The quantitative estimate of drug-likeness (QED) is 0.731. The molecule has 5 rings (SSSR count). The molecule has 2 fully saturated rings. The smallest absolute Gasteiger partial charge is 0.317 e. The number of aromatic nitrogens is 1. The summed E-state index contributed by atoms with van der Waals surface area (Å²) in [6.45, 7) is 2.19. The molecule has 2 aliphatic heterocycles. The van der Waals surface area contributed by atoms with Gasteiger partial charge in [0.05, 0.1) is 29.9 Å². The second kappa shape index (κ2) is 7.33. The molecule has 1 aromatic heterocycles. The van der Waals surface area contributed by atoms with Gasteiger partial charge < -0.3 is 19.9 Å². The minimum atomic E-state index is -0.0387. The number of carbonyl (C=O) groups excluding carboxylic acids is 2. The van der Waals surface area contributed by atoms with Crippen molar-refractivity contribution in [2.75, 3.05) is 33.3 Å². The summed E-state index contributed by atoms with van der Waals surface area (Å²) in [5.41, 5.74) is 3.09. The molecular weight excluding hydrogens is 380 g/mol. The Bertz CT molecular complexity index is 1130. The summed E-state index contributed by atoms with van der Waals surface area (Å²) >= 11 is 0. The predicted octanol–water partition coefficient (Wildman–Crippen LogP) is 2.76. The van der Waals surface area contributed by atoms with Crippen LogP contribution in [0.4, 0.5) is 4.79 Å². The van der Waals surface area contributed by atoms with Gasteiger partial charge in [0.1, 0.15) is 5.75 Å². The van der Waals surface area contributed by atoms with E-state index in [2.05, 4.69) is 5.32 Å². The Morgan fingerprint density at radius 1 is 1.13 bits per heavy atom. The van der Waals surface area contributed by atoms with Crippen LogP contribution in [0.3, 0.4) is 0 Å². The first kappa shape index (κ1) is 18.4. The second-order valence-electron chi connectivity index (χ2n) is 7.59. The summed E-state index contributed by atoms with van der Waals surface area (Å²) in [6.07, 6.45) is 0. The number of hydrogen-bond donors (Lipinski definition) is 1. The molecule has 1 unspecified atom stereocenters. The molecule has 2 saturated heterocycles. The maximum absolute atomic E-state index is 13.5. The minimum Gasteiger partial charge on any atom is -0.497 e. The van der Waals surface area contributed by atoms with Crippen LogP contribution < -0.4 is 10.1 Å². The number of amides is 3. The highest BCUT2D eigenvalue weighted by atomic mass is 16.5. The van der Waals surface area contributed by atoms with E-state index >= 15 is 0 Å². The van der Waals surface area contributed by atoms with Crippen molar-refractivity contribution < 1.29 is 14.3 Å². The number of hydrogen-bond acceptors (Lipinski definition) is 4. The molecule has 0 bridgehead atoms. The third-order valence-electron chi connectivity index (χ3n) is 5.85. The van der Waals surface area contributed by atoms with E-state index in [4.69, 9.17) is 9.72 Å². The lowest BCUT2D eigenvalue weighted by molar-refractivity contribution is 0.0619. The highest BCUT2D eigenvalue weighted by Crippen LogP contribution is 2.28. The summed E-state index contributed by atoms with van der Waals surface area (Å²) in [6, 6.07) is 17.2. The summed E-state index contributed by atoms with van der Waals surface area (Å²) in [5, 5.41) is 3.70. The molecule has 3 aromatic rings. The Kier molecular flexibility index (Phi) is 4.50. The van der Waals surface area contributed by atoms with Crippen LogP contribution in [0, 0.1) is 0 Å². The van der Waals surface area contributed by atoms with Gasteiger partial charge in [0.25, 0.3) is 5.91 Å². The molecule has 0 radical (unpaired) electrons. The summed E-state index contributed by atoms with van der Waals surface area (Å²) < 4.78 is 5.24. The van der Waals surface area contributed by atoms with Crippen molar-refractivity contribution in [3.63, 3.8) is 0 Å². The largest absolute Gasteiger partial charge is 0.497 e. The van der Waals surface area contributed by atoms with E-state index in [0.717, 1.165) is 27.9 Å². The number of para-hydroxylation sites is 1. The number of ether oxygens (including phenoxy) is 1. The lowest BCUT2D eigenvalue weighted by Crippen LogP contribution is -2.53. The standard InChI is InChI=1S/C23H22N4O3/c1-30-17-8-6-15(7-9-17)21-12-19(18-4-2-3-5-20(18)25-21)22(28)26-10-11-27-16(14-26)13-24-23(27)29/h2-9,12,16H,10-11,13-14H2,1H3,(H,24,29). The Balaban J connectivity index is 1.52.